The van der Waals surface area contributed by atoms with Crippen molar-refractivity contribution in [3.8, 4) is 5.88 Å². The van der Waals surface area contributed by atoms with Crippen LogP contribution in [-0.2, 0) is 0 Å². The van der Waals surface area contributed by atoms with Gasteiger partial charge in [0.1, 0.15) is 9.71 Å². The molecule has 3 N–H and O–H groups in total. The van der Waals surface area contributed by atoms with Crippen molar-refractivity contribution in [2.24, 2.45) is 5.73 Å². The van der Waals surface area contributed by atoms with Crippen LogP contribution in [0.15, 0.2) is 24.5 Å². The molecular formula is C18H17N5O3S. The van der Waals surface area contributed by atoms with Crippen molar-refractivity contribution < 1.29 is 14.3 Å². The van der Waals surface area contributed by atoms with Gasteiger partial charge in [0.25, 0.3) is 5.91 Å². The quantitative estimate of drug-likeness (QED) is 0.715. The average Bonchev–Trinajstić information content (AvgIpc) is 2.97. The molecule has 8 nitrogen and oxygen atoms in total. The number of pyridine rings is 2. The first-order valence-corrected chi connectivity index (χ1v) is 9.14. The number of nitrogens with zero attached hydrogens (tertiary/aromatic N) is 3. The number of carbonyl (C=O) groups excluding carboxylic acids is 2. The standard InChI is InChI=1S/C18H17N5O3S/c1-8(2)26-12-6-9(3)11(7-21-12)23-14-13-10(22-18(23)25)4-5-20-17(13)27-15(14)16(19)24/h4-8H,1-3H3,(H2,19,24)(H,22,25). The maximum Gasteiger partial charge on any atom is 0.331 e. The third-order valence-electron chi connectivity index (χ3n) is 4.11. The van der Waals surface area contributed by atoms with Gasteiger partial charge in [-0.1, -0.05) is 0 Å². The van der Waals surface area contributed by atoms with Crippen molar-refractivity contribution in [1.29, 1.82) is 0 Å². The topological polar surface area (TPSA) is 110 Å². The van der Waals surface area contributed by atoms with Crippen LogP contribution in [0.2, 0.25) is 0 Å². The van der Waals surface area contributed by atoms with E-state index in [0.29, 0.717) is 33.2 Å². The number of amides is 3. The molecule has 0 bridgehead atoms. The number of rotatable bonds is 4. The highest BCUT2D eigenvalue weighted by atomic mass is 32.1. The normalized spacial score (nSPS) is 13.2. The number of hydrogen-bond donors (Lipinski definition) is 2. The van der Waals surface area contributed by atoms with Crippen LogP contribution in [0.5, 0.6) is 5.88 Å². The van der Waals surface area contributed by atoms with Crippen LogP contribution in [0, 0.1) is 6.92 Å². The molecule has 3 aromatic heterocycles. The van der Waals surface area contributed by atoms with Gasteiger partial charge in [-0.3, -0.25) is 9.69 Å². The molecular weight excluding hydrogens is 366 g/mol. The largest absolute Gasteiger partial charge is 0.475 e. The third-order valence-corrected chi connectivity index (χ3v) is 5.22. The highest BCUT2D eigenvalue weighted by Crippen LogP contribution is 2.47. The predicted octanol–water partition coefficient (Wildman–Crippen LogP) is 3.57. The monoisotopic (exact) mass is 383 g/mol. The van der Waals surface area contributed by atoms with Crippen LogP contribution in [0.3, 0.4) is 0 Å². The van der Waals surface area contributed by atoms with Crippen molar-refractivity contribution in [3.05, 3.63) is 35.0 Å². The van der Waals surface area contributed by atoms with E-state index in [1.165, 1.54) is 4.90 Å². The van der Waals surface area contributed by atoms with Crippen LogP contribution in [0.1, 0.15) is 29.1 Å². The number of urea groups is 1. The zero-order chi connectivity index (χ0) is 19.3. The van der Waals surface area contributed by atoms with Gasteiger partial charge in [-0.25, -0.2) is 14.8 Å². The molecule has 1 aliphatic rings. The number of ether oxygens (including phenoxy) is 1. The Morgan fingerprint density at radius 2 is 2.15 bits per heavy atom. The molecule has 0 saturated heterocycles. The molecule has 138 valence electrons. The van der Waals surface area contributed by atoms with Gasteiger partial charge in [0.05, 0.1) is 34.7 Å². The first-order chi connectivity index (χ1) is 12.9. The summed E-state index contributed by atoms with van der Waals surface area (Å²) >= 11 is 1.16. The minimum absolute atomic E-state index is 0.0167. The number of aromatic nitrogens is 2. The van der Waals surface area contributed by atoms with Crippen molar-refractivity contribution >= 4 is 50.6 Å². The van der Waals surface area contributed by atoms with Crippen LogP contribution in [0.4, 0.5) is 21.9 Å². The molecule has 27 heavy (non-hydrogen) atoms. The lowest BCUT2D eigenvalue weighted by atomic mass is 10.1. The number of nitrogens with one attached hydrogen (secondary N) is 1. The summed E-state index contributed by atoms with van der Waals surface area (Å²) in [6.45, 7) is 5.67. The van der Waals surface area contributed by atoms with Gasteiger partial charge in [-0.2, -0.15) is 0 Å². The van der Waals surface area contributed by atoms with E-state index in [2.05, 4.69) is 15.3 Å². The summed E-state index contributed by atoms with van der Waals surface area (Å²) in [5.41, 5.74) is 7.94. The fourth-order valence-corrected chi connectivity index (χ4v) is 4.06. The molecule has 1 aliphatic heterocycles. The molecule has 9 heteroatoms. The molecule has 4 heterocycles. The van der Waals surface area contributed by atoms with E-state index >= 15 is 0 Å². The van der Waals surface area contributed by atoms with Gasteiger partial charge < -0.3 is 15.8 Å². The minimum atomic E-state index is -0.607. The molecule has 0 fully saturated rings. The van der Waals surface area contributed by atoms with Crippen molar-refractivity contribution in [1.82, 2.24) is 9.97 Å². The number of primary amides is 1. The van der Waals surface area contributed by atoms with Gasteiger partial charge in [-0.15, -0.1) is 11.3 Å². The van der Waals surface area contributed by atoms with E-state index < -0.39 is 11.9 Å². The second-order valence-corrected chi connectivity index (χ2v) is 7.42. The average molecular weight is 383 g/mol. The lowest BCUT2D eigenvalue weighted by Crippen LogP contribution is -2.35. The van der Waals surface area contributed by atoms with E-state index in [1.807, 2.05) is 20.8 Å². The fraction of sp³-hybridized carbons (Fsp3) is 0.222. The zero-order valence-corrected chi connectivity index (χ0v) is 15.8. The lowest BCUT2D eigenvalue weighted by Gasteiger charge is -2.29. The number of hydrogen-bond acceptors (Lipinski definition) is 6. The van der Waals surface area contributed by atoms with Gasteiger partial charge in [0, 0.05) is 12.3 Å². The molecule has 0 aliphatic carbocycles. The number of carbonyl (C=O) groups is 2. The molecule has 3 amide bonds. The predicted molar refractivity (Wildman–Crippen MR) is 104 cm³/mol. The van der Waals surface area contributed by atoms with Crippen LogP contribution >= 0.6 is 11.3 Å². The Hall–Kier alpha value is -3.20. The Labute approximate surface area is 159 Å². The molecule has 0 unspecified atom stereocenters. The first-order valence-electron chi connectivity index (χ1n) is 8.32. The Morgan fingerprint density at radius 3 is 2.81 bits per heavy atom. The summed E-state index contributed by atoms with van der Waals surface area (Å²) in [7, 11) is 0. The maximum absolute atomic E-state index is 12.9. The Balaban J connectivity index is 1.92. The summed E-state index contributed by atoms with van der Waals surface area (Å²) in [6.07, 6.45) is 3.13. The van der Waals surface area contributed by atoms with Gasteiger partial charge in [0.2, 0.25) is 5.88 Å². The molecule has 0 spiro atoms. The van der Waals surface area contributed by atoms with Crippen LogP contribution in [-0.4, -0.2) is 28.0 Å². The Bertz CT molecular complexity index is 1090. The molecule has 4 rings (SSSR count). The van der Waals surface area contributed by atoms with Crippen molar-refractivity contribution in [2.45, 2.75) is 26.9 Å². The third kappa shape index (κ3) is 2.76. The zero-order valence-electron chi connectivity index (χ0n) is 14.9. The number of thiophene rings is 1. The minimum Gasteiger partial charge on any atom is -0.475 e. The number of aryl methyl sites for hydroxylation is 1. The summed E-state index contributed by atoms with van der Waals surface area (Å²) in [6, 6.07) is 3.07. The Morgan fingerprint density at radius 1 is 1.37 bits per heavy atom. The van der Waals surface area contributed by atoms with E-state index in [-0.39, 0.29) is 11.0 Å². The molecule has 0 aromatic carbocycles. The summed E-state index contributed by atoms with van der Waals surface area (Å²) < 4.78 is 5.61. The number of nitrogens with two attached hydrogens (primary N) is 1. The van der Waals surface area contributed by atoms with Crippen LogP contribution in [0.25, 0.3) is 10.2 Å². The summed E-state index contributed by atoms with van der Waals surface area (Å²) in [4.78, 5) is 35.9. The van der Waals surface area contributed by atoms with Gasteiger partial charge >= 0.3 is 6.03 Å². The van der Waals surface area contributed by atoms with E-state index in [1.54, 1.807) is 24.5 Å². The number of anilines is 3. The first kappa shape index (κ1) is 17.2. The van der Waals surface area contributed by atoms with Gasteiger partial charge in [-0.05, 0) is 32.4 Å². The van der Waals surface area contributed by atoms with Crippen LogP contribution < -0.4 is 20.7 Å². The smallest absolute Gasteiger partial charge is 0.331 e. The molecule has 0 saturated carbocycles. The Kier molecular flexibility index (Phi) is 3.96. The summed E-state index contributed by atoms with van der Waals surface area (Å²) in [5, 5.41) is 3.53. The second kappa shape index (κ2) is 6.20. The highest BCUT2D eigenvalue weighted by molar-refractivity contribution is 7.21. The van der Waals surface area contributed by atoms with E-state index in [4.69, 9.17) is 10.5 Å². The summed E-state index contributed by atoms with van der Waals surface area (Å²) in [5.74, 6) is -0.139. The van der Waals surface area contributed by atoms with Gasteiger partial charge in [0.15, 0.2) is 0 Å². The second-order valence-electron chi connectivity index (χ2n) is 6.42. The molecule has 3 aromatic rings. The molecule has 0 radical (unpaired) electrons. The lowest BCUT2D eigenvalue weighted by molar-refractivity contribution is 0.100. The molecule has 0 atom stereocenters. The van der Waals surface area contributed by atoms with Crippen molar-refractivity contribution in [2.75, 3.05) is 10.2 Å². The van der Waals surface area contributed by atoms with E-state index in [9.17, 15) is 9.59 Å². The van der Waals surface area contributed by atoms with Crippen molar-refractivity contribution in [3.63, 3.8) is 0 Å². The fourth-order valence-electron chi connectivity index (χ4n) is 3.06. The maximum atomic E-state index is 12.9. The highest BCUT2D eigenvalue weighted by Gasteiger charge is 2.34. The SMILES string of the molecule is Cc1cc(OC(C)C)ncc1N1C(=O)Nc2ccnc3sc(C(N)=O)c1c23. The van der Waals surface area contributed by atoms with E-state index in [0.717, 1.165) is 16.9 Å².